The smallest absolute Gasteiger partial charge is 0.213 e. The van der Waals surface area contributed by atoms with Crippen LogP contribution in [0, 0.1) is 0 Å². The molecule has 0 spiro atoms. The summed E-state index contributed by atoms with van der Waals surface area (Å²) in [5.74, 6) is 0.177. The highest BCUT2D eigenvalue weighted by molar-refractivity contribution is 7.89. The third-order valence-electron chi connectivity index (χ3n) is 2.66. The highest BCUT2D eigenvalue weighted by Gasteiger charge is 2.35. The molecule has 0 aliphatic heterocycles. The van der Waals surface area contributed by atoms with Crippen LogP contribution in [-0.2, 0) is 10.0 Å². The Hall–Kier alpha value is -0.130. The molecule has 1 rings (SSSR count). The average molecular weight is 220 g/mol. The van der Waals surface area contributed by atoms with Crippen molar-refractivity contribution in [1.29, 1.82) is 0 Å². The van der Waals surface area contributed by atoms with Gasteiger partial charge in [-0.15, -0.1) is 0 Å². The van der Waals surface area contributed by atoms with Crippen molar-refractivity contribution < 1.29 is 8.42 Å². The van der Waals surface area contributed by atoms with Crippen LogP contribution in [0.2, 0.25) is 0 Å². The summed E-state index contributed by atoms with van der Waals surface area (Å²) in [5.41, 5.74) is -0.162. The third-order valence-corrected chi connectivity index (χ3v) is 4.20. The minimum atomic E-state index is -3.08. The molecule has 0 unspecified atom stereocenters. The molecule has 1 saturated carbocycles. The predicted octanol–water partition coefficient (Wildman–Crippen LogP) is 0.458. The van der Waals surface area contributed by atoms with Crippen molar-refractivity contribution in [1.82, 2.24) is 10.0 Å². The van der Waals surface area contributed by atoms with E-state index in [4.69, 9.17) is 0 Å². The van der Waals surface area contributed by atoms with Crippen molar-refractivity contribution in [3.8, 4) is 0 Å². The normalized spacial score (nSPS) is 20.4. The second-order valence-corrected chi connectivity index (χ2v) is 6.03. The van der Waals surface area contributed by atoms with E-state index >= 15 is 0 Å². The molecule has 4 nitrogen and oxygen atoms in total. The van der Waals surface area contributed by atoms with Crippen LogP contribution in [0.5, 0.6) is 0 Å². The van der Waals surface area contributed by atoms with E-state index in [2.05, 4.69) is 10.0 Å². The van der Waals surface area contributed by atoms with Gasteiger partial charge in [0.05, 0.1) is 5.75 Å². The van der Waals surface area contributed by atoms with Crippen LogP contribution in [-0.4, -0.2) is 32.8 Å². The average Bonchev–Trinajstić information content (AvgIpc) is 2.01. The van der Waals surface area contributed by atoms with Gasteiger partial charge in [-0.25, -0.2) is 13.1 Å². The third kappa shape index (κ3) is 3.55. The molecular formula is C9H20N2O2S. The van der Waals surface area contributed by atoms with Crippen molar-refractivity contribution in [3.05, 3.63) is 0 Å². The standard InChI is InChI=1S/C9H20N2O2S/c1-3-10-7-8-14(12,13)11-9(2)5-4-6-9/h10-11H,3-8H2,1-2H3. The van der Waals surface area contributed by atoms with Gasteiger partial charge in [0, 0.05) is 12.1 Å². The molecule has 0 amide bonds. The van der Waals surface area contributed by atoms with E-state index in [1.807, 2.05) is 13.8 Å². The van der Waals surface area contributed by atoms with Crippen molar-refractivity contribution >= 4 is 10.0 Å². The zero-order valence-corrected chi connectivity index (χ0v) is 9.78. The van der Waals surface area contributed by atoms with Crippen LogP contribution >= 0.6 is 0 Å². The molecule has 2 N–H and O–H groups in total. The zero-order chi connectivity index (χ0) is 10.7. The van der Waals surface area contributed by atoms with Crippen LogP contribution in [0.1, 0.15) is 33.1 Å². The van der Waals surface area contributed by atoms with Gasteiger partial charge in [0.2, 0.25) is 10.0 Å². The van der Waals surface area contributed by atoms with Gasteiger partial charge in [0.25, 0.3) is 0 Å². The molecule has 0 radical (unpaired) electrons. The molecule has 0 bridgehead atoms. The number of sulfonamides is 1. The molecule has 0 aromatic heterocycles. The Morgan fingerprint density at radius 1 is 1.36 bits per heavy atom. The topological polar surface area (TPSA) is 58.2 Å². The molecule has 0 atom stereocenters. The summed E-state index contributed by atoms with van der Waals surface area (Å²) >= 11 is 0. The summed E-state index contributed by atoms with van der Waals surface area (Å²) in [7, 11) is -3.08. The van der Waals surface area contributed by atoms with Gasteiger partial charge in [-0.05, 0) is 32.7 Å². The van der Waals surface area contributed by atoms with Crippen LogP contribution < -0.4 is 10.0 Å². The highest BCUT2D eigenvalue weighted by atomic mass is 32.2. The number of hydrogen-bond acceptors (Lipinski definition) is 3. The molecule has 0 saturated heterocycles. The fourth-order valence-electron chi connectivity index (χ4n) is 1.62. The first kappa shape index (κ1) is 11.9. The Morgan fingerprint density at radius 3 is 2.43 bits per heavy atom. The van der Waals surface area contributed by atoms with E-state index in [0.29, 0.717) is 6.54 Å². The zero-order valence-electron chi connectivity index (χ0n) is 8.97. The van der Waals surface area contributed by atoms with Crippen LogP contribution in [0.25, 0.3) is 0 Å². The first-order valence-electron chi connectivity index (χ1n) is 5.20. The number of rotatable bonds is 6. The molecular weight excluding hydrogens is 200 g/mol. The second kappa shape index (κ2) is 4.59. The Kier molecular flexibility index (Phi) is 3.92. The Bertz CT molecular complexity index is 271. The molecule has 1 fully saturated rings. The van der Waals surface area contributed by atoms with Crippen molar-refractivity contribution in [3.63, 3.8) is 0 Å². The summed E-state index contributed by atoms with van der Waals surface area (Å²) in [4.78, 5) is 0. The molecule has 0 aromatic rings. The lowest BCUT2D eigenvalue weighted by molar-refractivity contribution is 0.248. The fraction of sp³-hybridized carbons (Fsp3) is 1.00. The summed E-state index contributed by atoms with van der Waals surface area (Å²) < 4.78 is 25.9. The van der Waals surface area contributed by atoms with Crippen molar-refractivity contribution in [2.24, 2.45) is 0 Å². The summed E-state index contributed by atoms with van der Waals surface area (Å²) in [6.45, 7) is 5.28. The predicted molar refractivity (Wildman–Crippen MR) is 57.7 cm³/mol. The van der Waals surface area contributed by atoms with Gasteiger partial charge in [0.15, 0.2) is 0 Å². The maximum absolute atomic E-state index is 11.6. The summed E-state index contributed by atoms with van der Waals surface area (Å²) in [6, 6.07) is 0. The van der Waals surface area contributed by atoms with Gasteiger partial charge in [-0.1, -0.05) is 6.92 Å². The van der Waals surface area contributed by atoms with Gasteiger partial charge in [-0.2, -0.15) is 0 Å². The van der Waals surface area contributed by atoms with Crippen LogP contribution in [0.3, 0.4) is 0 Å². The largest absolute Gasteiger partial charge is 0.316 e. The molecule has 1 aliphatic carbocycles. The SMILES string of the molecule is CCNCCS(=O)(=O)NC1(C)CCC1. The lowest BCUT2D eigenvalue weighted by Gasteiger charge is -2.38. The minimum Gasteiger partial charge on any atom is -0.316 e. The van der Waals surface area contributed by atoms with E-state index in [1.54, 1.807) is 0 Å². The van der Waals surface area contributed by atoms with Crippen LogP contribution in [0.15, 0.2) is 0 Å². The fourth-order valence-corrected chi connectivity index (χ4v) is 3.09. The highest BCUT2D eigenvalue weighted by Crippen LogP contribution is 2.31. The Morgan fingerprint density at radius 2 is 2.00 bits per heavy atom. The van der Waals surface area contributed by atoms with Crippen molar-refractivity contribution in [2.75, 3.05) is 18.8 Å². The summed E-state index contributed by atoms with van der Waals surface area (Å²) in [5, 5.41) is 3.01. The lowest BCUT2D eigenvalue weighted by atomic mass is 9.80. The van der Waals surface area contributed by atoms with Crippen LogP contribution in [0.4, 0.5) is 0 Å². The maximum atomic E-state index is 11.6. The number of nitrogens with one attached hydrogen (secondary N) is 2. The molecule has 1 aliphatic rings. The monoisotopic (exact) mass is 220 g/mol. The van der Waals surface area contributed by atoms with Gasteiger partial charge < -0.3 is 5.32 Å². The van der Waals surface area contributed by atoms with Gasteiger partial charge in [-0.3, -0.25) is 0 Å². The van der Waals surface area contributed by atoms with E-state index < -0.39 is 10.0 Å². The Labute approximate surface area is 86.5 Å². The molecule has 14 heavy (non-hydrogen) atoms. The molecule has 84 valence electrons. The van der Waals surface area contributed by atoms with Gasteiger partial charge >= 0.3 is 0 Å². The molecule has 0 heterocycles. The lowest BCUT2D eigenvalue weighted by Crippen LogP contribution is -2.52. The molecule has 0 aromatic carbocycles. The molecule has 5 heteroatoms. The second-order valence-electron chi connectivity index (χ2n) is 4.19. The van der Waals surface area contributed by atoms with Crippen molar-refractivity contribution in [2.45, 2.75) is 38.6 Å². The Balaban J connectivity index is 2.34. The first-order valence-corrected chi connectivity index (χ1v) is 6.85. The van der Waals surface area contributed by atoms with E-state index in [9.17, 15) is 8.42 Å². The summed E-state index contributed by atoms with van der Waals surface area (Å²) in [6.07, 6.45) is 3.06. The van der Waals surface area contributed by atoms with E-state index in [-0.39, 0.29) is 11.3 Å². The quantitative estimate of drug-likeness (QED) is 0.639. The minimum absolute atomic E-state index is 0.162. The first-order chi connectivity index (χ1) is 6.47. The van der Waals surface area contributed by atoms with E-state index in [1.165, 1.54) is 0 Å². The number of hydrogen-bond donors (Lipinski definition) is 2. The van der Waals surface area contributed by atoms with Gasteiger partial charge in [0.1, 0.15) is 0 Å². The van der Waals surface area contributed by atoms with E-state index in [0.717, 1.165) is 25.8 Å². The maximum Gasteiger partial charge on any atom is 0.213 e.